The fraction of sp³-hybridized carbons (Fsp3) is 1.00. The van der Waals surface area contributed by atoms with Gasteiger partial charge in [0.15, 0.2) is 0 Å². The molecule has 0 bridgehead atoms. The van der Waals surface area contributed by atoms with Crippen LogP contribution in [0, 0.1) is 11.8 Å². The van der Waals surface area contributed by atoms with E-state index in [1.165, 1.54) is 32.2 Å². The van der Waals surface area contributed by atoms with Gasteiger partial charge in [0, 0.05) is 19.1 Å². The molecule has 0 rings (SSSR count). The Bertz CT molecular complexity index is 162. The van der Waals surface area contributed by atoms with E-state index in [0.29, 0.717) is 6.04 Å². The summed E-state index contributed by atoms with van der Waals surface area (Å²) in [4.78, 5) is 2.62. The van der Waals surface area contributed by atoms with Crippen molar-refractivity contribution in [3.8, 4) is 0 Å². The summed E-state index contributed by atoms with van der Waals surface area (Å²) < 4.78 is 0. The van der Waals surface area contributed by atoms with Crippen molar-refractivity contribution in [3.05, 3.63) is 0 Å². The number of nitrogens with zero attached hydrogens (tertiary/aromatic N) is 1. The van der Waals surface area contributed by atoms with Crippen LogP contribution in [0.1, 0.15) is 60.3 Å². The summed E-state index contributed by atoms with van der Waals surface area (Å²) in [5.74, 6) is 1.59. The minimum absolute atomic E-state index is 0.579. The van der Waals surface area contributed by atoms with E-state index in [0.717, 1.165) is 24.9 Å². The minimum Gasteiger partial charge on any atom is -0.329 e. The van der Waals surface area contributed by atoms with Crippen LogP contribution in [0.15, 0.2) is 0 Å². The molecule has 1 atom stereocenters. The van der Waals surface area contributed by atoms with Gasteiger partial charge in [0.1, 0.15) is 0 Å². The summed E-state index contributed by atoms with van der Waals surface area (Å²) in [7, 11) is 0. The van der Waals surface area contributed by atoms with Gasteiger partial charge in [-0.05, 0) is 18.4 Å². The molecular weight excluding hydrogens is 208 g/mol. The average molecular weight is 242 g/mol. The van der Waals surface area contributed by atoms with Crippen molar-refractivity contribution in [1.29, 1.82) is 0 Å². The Morgan fingerprint density at radius 2 is 1.41 bits per heavy atom. The second-order valence-corrected chi connectivity index (χ2v) is 5.15. The first-order chi connectivity index (χ1) is 8.18. The van der Waals surface area contributed by atoms with Gasteiger partial charge >= 0.3 is 0 Å². The van der Waals surface area contributed by atoms with Crippen LogP contribution in [0.25, 0.3) is 0 Å². The molecule has 0 saturated carbocycles. The zero-order valence-corrected chi connectivity index (χ0v) is 12.7. The van der Waals surface area contributed by atoms with Gasteiger partial charge in [-0.15, -0.1) is 0 Å². The molecule has 0 saturated heterocycles. The van der Waals surface area contributed by atoms with E-state index >= 15 is 0 Å². The van der Waals surface area contributed by atoms with Gasteiger partial charge in [-0.2, -0.15) is 0 Å². The molecule has 1 unspecified atom stereocenters. The van der Waals surface area contributed by atoms with Gasteiger partial charge in [-0.3, -0.25) is 4.90 Å². The van der Waals surface area contributed by atoms with Crippen LogP contribution in [0.5, 0.6) is 0 Å². The Hall–Kier alpha value is -0.0800. The highest BCUT2D eigenvalue weighted by atomic mass is 15.2. The number of rotatable bonds is 10. The monoisotopic (exact) mass is 242 g/mol. The summed E-state index contributed by atoms with van der Waals surface area (Å²) >= 11 is 0. The molecule has 0 aromatic heterocycles. The Morgan fingerprint density at radius 3 is 1.71 bits per heavy atom. The van der Waals surface area contributed by atoms with Crippen molar-refractivity contribution in [1.82, 2.24) is 4.90 Å². The fourth-order valence-corrected chi connectivity index (χ4v) is 2.85. The summed E-state index contributed by atoms with van der Waals surface area (Å²) in [6, 6.07) is 0.579. The minimum atomic E-state index is 0.579. The van der Waals surface area contributed by atoms with E-state index in [1.54, 1.807) is 0 Å². The van der Waals surface area contributed by atoms with Crippen LogP contribution in [-0.4, -0.2) is 30.6 Å². The first-order valence-corrected chi connectivity index (χ1v) is 7.62. The fourth-order valence-electron chi connectivity index (χ4n) is 2.85. The van der Waals surface area contributed by atoms with Crippen molar-refractivity contribution < 1.29 is 0 Å². The molecule has 0 spiro atoms. The quantitative estimate of drug-likeness (QED) is 0.635. The van der Waals surface area contributed by atoms with Crippen LogP contribution >= 0.6 is 0 Å². The number of nitrogens with two attached hydrogens (primary N) is 1. The third-order valence-electron chi connectivity index (χ3n) is 4.36. The maximum absolute atomic E-state index is 6.02. The van der Waals surface area contributed by atoms with Crippen LogP contribution in [0.4, 0.5) is 0 Å². The molecule has 0 aromatic carbocycles. The maximum atomic E-state index is 6.02. The SMILES string of the molecule is CCC(CC)CN(CC)C(CN)C(CC)CC. The summed E-state index contributed by atoms with van der Waals surface area (Å²) in [6.45, 7) is 14.6. The van der Waals surface area contributed by atoms with E-state index in [-0.39, 0.29) is 0 Å². The zero-order chi connectivity index (χ0) is 13.3. The number of hydrogen-bond acceptors (Lipinski definition) is 2. The molecule has 0 aliphatic rings. The van der Waals surface area contributed by atoms with Gasteiger partial charge in [0.25, 0.3) is 0 Å². The lowest BCUT2D eigenvalue weighted by molar-refractivity contribution is 0.122. The smallest absolute Gasteiger partial charge is 0.0246 e. The third kappa shape index (κ3) is 5.39. The first-order valence-electron chi connectivity index (χ1n) is 7.62. The summed E-state index contributed by atoms with van der Waals surface area (Å²) in [5.41, 5.74) is 6.02. The standard InChI is InChI=1S/C15H34N2/c1-6-13(7-2)12-17(10-5)15(11-16)14(8-3)9-4/h13-15H,6-12,16H2,1-5H3. The predicted octanol–water partition coefficient (Wildman–Crippen LogP) is 3.51. The molecule has 0 aromatic rings. The number of likely N-dealkylation sites (N-methyl/N-ethyl adjacent to an activating group) is 1. The van der Waals surface area contributed by atoms with E-state index in [2.05, 4.69) is 39.5 Å². The lowest BCUT2D eigenvalue weighted by Crippen LogP contribution is -2.47. The molecule has 0 fully saturated rings. The van der Waals surface area contributed by atoms with Crippen LogP contribution in [0.2, 0.25) is 0 Å². The van der Waals surface area contributed by atoms with Gasteiger partial charge in [0.2, 0.25) is 0 Å². The molecule has 17 heavy (non-hydrogen) atoms. The Balaban J connectivity index is 4.56. The molecule has 0 aliphatic carbocycles. The van der Waals surface area contributed by atoms with Gasteiger partial charge < -0.3 is 5.73 Å². The lowest BCUT2D eigenvalue weighted by Gasteiger charge is -2.37. The summed E-state index contributed by atoms with van der Waals surface area (Å²) in [5, 5.41) is 0. The molecule has 2 N–H and O–H groups in total. The number of hydrogen-bond donors (Lipinski definition) is 1. The lowest BCUT2D eigenvalue weighted by atomic mass is 9.91. The Labute approximate surface area is 109 Å². The third-order valence-corrected chi connectivity index (χ3v) is 4.36. The molecule has 0 heterocycles. The molecule has 2 heteroatoms. The van der Waals surface area contributed by atoms with E-state index in [4.69, 9.17) is 5.73 Å². The van der Waals surface area contributed by atoms with Crippen molar-refractivity contribution in [2.45, 2.75) is 66.3 Å². The normalized spacial score (nSPS) is 13.9. The van der Waals surface area contributed by atoms with E-state index in [9.17, 15) is 0 Å². The Kier molecular flexibility index (Phi) is 9.85. The molecule has 0 aliphatic heterocycles. The Morgan fingerprint density at radius 1 is 0.882 bits per heavy atom. The van der Waals surface area contributed by atoms with Crippen LogP contribution in [-0.2, 0) is 0 Å². The second kappa shape index (κ2) is 9.90. The largest absolute Gasteiger partial charge is 0.329 e. The van der Waals surface area contributed by atoms with E-state index < -0.39 is 0 Å². The highest BCUT2D eigenvalue weighted by Crippen LogP contribution is 2.20. The van der Waals surface area contributed by atoms with Crippen molar-refractivity contribution in [2.75, 3.05) is 19.6 Å². The van der Waals surface area contributed by atoms with Crippen LogP contribution in [0.3, 0.4) is 0 Å². The van der Waals surface area contributed by atoms with Crippen molar-refractivity contribution in [3.63, 3.8) is 0 Å². The van der Waals surface area contributed by atoms with Crippen molar-refractivity contribution in [2.24, 2.45) is 17.6 Å². The maximum Gasteiger partial charge on any atom is 0.0246 e. The van der Waals surface area contributed by atoms with Gasteiger partial charge in [-0.25, -0.2) is 0 Å². The topological polar surface area (TPSA) is 29.3 Å². The highest BCUT2D eigenvalue weighted by molar-refractivity contribution is 4.80. The molecule has 104 valence electrons. The van der Waals surface area contributed by atoms with Crippen molar-refractivity contribution >= 4 is 0 Å². The molecular formula is C15H34N2. The van der Waals surface area contributed by atoms with Gasteiger partial charge in [0.05, 0.1) is 0 Å². The van der Waals surface area contributed by atoms with Gasteiger partial charge in [-0.1, -0.05) is 60.3 Å². The zero-order valence-electron chi connectivity index (χ0n) is 12.7. The first kappa shape index (κ1) is 16.9. The molecule has 0 amide bonds. The molecule has 0 radical (unpaired) electrons. The van der Waals surface area contributed by atoms with Crippen LogP contribution < -0.4 is 5.73 Å². The molecule has 2 nitrogen and oxygen atoms in total. The predicted molar refractivity (Wildman–Crippen MR) is 78.2 cm³/mol. The highest BCUT2D eigenvalue weighted by Gasteiger charge is 2.24. The van der Waals surface area contributed by atoms with E-state index in [1.807, 2.05) is 0 Å². The summed E-state index contributed by atoms with van der Waals surface area (Å²) in [6.07, 6.45) is 5.07. The average Bonchev–Trinajstić information content (AvgIpc) is 2.38. The second-order valence-electron chi connectivity index (χ2n) is 5.15.